The van der Waals surface area contributed by atoms with Crippen molar-refractivity contribution in [2.75, 3.05) is 11.9 Å². The second kappa shape index (κ2) is 8.89. The van der Waals surface area contributed by atoms with Gasteiger partial charge in [0.05, 0.1) is 11.3 Å². The molecule has 27 heavy (non-hydrogen) atoms. The van der Waals surface area contributed by atoms with Gasteiger partial charge in [0.25, 0.3) is 0 Å². The largest absolute Gasteiger partial charge is 0.478 e. The smallest absolute Gasteiger partial charge is 0.335 e. The number of nitrogens with one attached hydrogen (secondary N) is 2. The summed E-state index contributed by atoms with van der Waals surface area (Å²) < 4.78 is 28.4. The predicted molar refractivity (Wildman–Crippen MR) is 106 cm³/mol. The van der Waals surface area contributed by atoms with Crippen LogP contribution in [0.4, 0.5) is 5.69 Å². The maximum Gasteiger partial charge on any atom is 0.335 e. The molecule has 3 rings (SSSR count). The third kappa shape index (κ3) is 5.32. The second-order valence-corrected chi connectivity index (χ2v) is 9.13. The Hall–Kier alpha value is -1.86. The molecule has 1 aromatic rings. The van der Waals surface area contributed by atoms with Crippen molar-refractivity contribution in [1.82, 2.24) is 4.72 Å². The molecule has 0 saturated heterocycles. The van der Waals surface area contributed by atoms with Gasteiger partial charge in [-0.2, -0.15) is 0 Å². The molecular formula is C20H28N2O4S. The highest BCUT2D eigenvalue weighted by molar-refractivity contribution is 7.89. The summed E-state index contributed by atoms with van der Waals surface area (Å²) >= 11 is 0. The van der Waals surface area contributed by atoms with E-state index in [0.29, 0.717) is 18.7 Å². The summed E-state index contributed by atoms with van der Waals surface area (Å²) in [5, 5.41) is 12.6. The van der Waals surface area contributed by atoms with Crippen molar-refractivity contribution >= 4 is 21.7 Å². The molecule has 0 aliphatic heterocycles. The van der Waals surface area contributed by atoms with Gasteiger partial charge in [-0.15, -0.1) is 0 Å². The standard InChI is InChI=1S/C20H28N2O4S/c23-20(24)16-10-11-18(22-17-8-4-5-9-17)19(14-16)27(25,26)21-13-12-15-6-2-1-3-7-15/h6,10-11,14,17,21-22H,1-5,7-9,12-13H2,(H,23,24). The Morgan fingerprint density at radius 3 is 2.59 bits per heavy atom. The number of anilines is 1. The molecule has 1 fully saturated rings. The Kier molecular flexibility index (Phi) is 6.55. The fourth-order valence-corrected chi connectivity index (χ4v) is 5.07. The maximum absolute atomic E-state index is 12.9. The molecule has 0 amide bonds. The summed E-state index contributed by atoms with van der Waals surface area (Å²) in [6.45, 7) is 0.328. The first-order chi connectivity index (χ1) is 13.0. The summed E-state index contributed by atoms with van der Waals surface area (Å²) in [6.07, 6.45) is 11.6. The van der Waals surface area contributed by atoms with Crippen molar-refractivity contribution in [2.45, 2.75) is 68.7 Å². The first-order valence-electron chi connectivity index (χ1n) is 9.77. The molecule has 7 heteroatoms. The average molecular weight is 393 g/mol. The van der Waals surface area contributed by atoms with Gasteiger partial charge >= 0.3 is 5.97 Å². The number of rotatable bonds is 8. The highest BCUT2D eigenvalue weighted by Crippen LogP contribution is 2.28. The van der Waals surface area contributed by atoms with Crippen molar-refractivity contribution in [3.8, 4) is 0 Å². The number of benzene rings is 1. The van der Waals surface area contributed by atoms with E-state index in [9.17, 15) is 18.3 Å². The van der Waals surface area contributed by atoms with Crippen molar-refractivity contribution in [1.29, 1.82) is 0 Å². The number of aromatic carboxylic acids is 1. The lowest BCUT2D eigenvalue weighted by Gasteiger charge is -2.18. The quantitative estimate of drug-likeness (QED) is 0.583. The minimum absolute atomic E-state index is 0.0203. The number of carbonyl (C=O) groups is 1. The topological polar surface area (TPSA) is 95.5 Å². The van der Waals surface area contributed by atoms with Crippen molar-refractivity contribution < 1.29 is 18.3 Å². The fourth-order valence-electron chi connectivity index (χ4n) is 3.84. The second-order valence-electron chi connectivity index (χ2n) is 7.40. The van der Waals surface area contributed by atoms with Gasteiger partial charge in [0.2, 0.25) is 10.0 Å². The molecule has 1 saturated carbocycles. The average Bonchev–Trinajstić information content (AvgIpc) is 3.15. The van der Waals surface area contributed by atoms with Gasteiger partial charge in [-0.1, -0.05) is 24.5 Å². The van der Waals surface area contributed by atoms with Crippen molar-refractivity contribution in [2.24, 2.45) is 0 Å². The van der Waals surface area contributed by atoms with E-state index in [1.807, 2.05) is 0 Å². The van der Waals surface area contributed by atoms with E-state index in [1.165, 1.54) is 24.1 Å². The molecular weight excluding hydrogens is 364 g/mol. The van der Waals surface area contributed by atoms with E-state index in [0.717, 1.165) is 44.9 Å². The van der Waals surface area contributed by atoms with Crippen LogP contribution in [0, 0.1) is 0 Å². The minimum Gasteiger partial charge on any atom is -0.478 e. The number of allylic oxidation sites excluding steroid dienone is 1. The lowest BCUT2D eigenvalue weighted by atomic mass is 9.97. The van der Waals surface area contributed by atoms with E-state index in [-0.39, 0.29) is 16.5 Å². The lowest BCUT2D eigenvalue weighted by molar-refractivity contribution is 0.0696. The molecule has 3 N–H and O–H groups in total. The fraction of sp³-hybridized carbons (Fsp3) is 0.550. The molecule has 0 atom stereocenters. The molecule has 0 aromatic heterocycles. The number of sulfonamides is 1. The monoisotopic (exact) mass is 392 g/mol. The van der Waals surface area contributed by atoms with Gasteiger partial charge in [-0.25, -0.2) is 17.9 Å². The highest BCUT2D eigenvalue weighted by atomic mass is 32.2. The predicted octanol–water partition coefficient (Wildman–Crippen LogP) is 3.91. The third-order valence-electron chi connectivity index (χ3n) is 5.36. The van der Waals surface area contributed by atoms with Crippen molar-refractivity contribution in [3.05, 3.63) is 35.4 Å². The lowest BCUT2D eigenvalue weighted by Crippen LogP contribution is -2.27. The van der Waals surface area contributed by atoms with Crippen LogP contribution in [0.3, 0.4) is 0 Å². The summed E-state index contributed by atoms with van der Waals surface area (Å²) in [6, 6.07) is 4.51. The molecule has 2 aliphatic rings. The van der Waals surface area contributed by atoms with E-state index in [1.54, 1.807) is 6.07 Å². The molecule has 0 heterocycles. The summed E-state index contributed by atoms with van der Waals surface area (Å²) in [5.74, 6) is -1.13. The van der Waals surface area contributed by atoms with E-state index < -0.39 is 16.0 Å². The molecule has 0 spiro atoms. The zero-order valence-electron chi connectivity index (χ0n) is 15.5. The van der Waals surface area contributed by atoms with Gasteiger partial charge in [-0.05, 0) is 63.1 Å². The first-order valence-corrected chi connectivity index (χ1v) is 11.3. The van der Waals surface area contributed by atoms with Gasteiger partial charge < -0.3 is 10.4 Å². The Balaban J connectivity index is 1.76. The Bertz CT molecular complexity index is 811. The van der Waals surface area contributed by atoms with Gasteiger partial charge in [0.1, 0.15) is 4.90 Å². The zero-order chi connectivity index (χ0) is 19.3. The van der Waals surface area contributed by atoms with Crippen LogP contribution in [0.5, 0.6) is 0 Å². The summed E-state index contributed by atoms with van der Waals surface area (Å²) in [4.78, 5) is 11.3. The van der Waals surface area contributed by atoms with Gasteiger partial charge in [0.15, 0.2) is 0 Å². The van der Waals surface area contributed by atoms with Crippen LogP contribution in [0.1, 0.15) is 68.1 Å². The van der Waals surface area contributed by atoms with Crippen LogP contribution < -0.4 is 10.0 Å². The van der Waals surface area contributed by atoms with Gasteiger partial charge in [-0.3, -0.25) is 0 Å². The van der Waals surface area contributed by atoms with Crippen LogP contribution in [0.25, 0.3) is 0 Å². The van der Waals surface area contributed by atoms with E-state index >= 15 is 0 Å². The van der Waals surface area contributed by atoms with Gasteiger partial charge in [0, 0.05) is 12.6 Å². The van der Waals surface area contributed by atoms with Crippen LogP contribution in [-0.2, 0) is 10.0 Å². The van der Waals surface area contributed by atoms with Crippen LogP contribution >= 0.6 is 0 Å². The molecule has 0 bridgehead atoms. The molecule has 1 aromatic carbocycles. The van der Waals surface area contributed by atoms with E-state index in [2.05, 4.69) is 16.1 Å². The molecule has 0 unspecified atom stereocenters. The summed E-state index contributed by atoms with van der Waals surface area (Å²) in [5.41, 5.74) is 1.76. The number of hydrogen-bond acceptors (Lipinski definition) is 4. The SMILES string of the molecule is O=C(O)c1ccc(NC2CCCC2)c(S(=O)(=O)NCCC2=CCCCC2)c1. The first kappa shape index (κ1) is 19.9. The zero-order valence-corrected chi connectivity index (χ0v) is 16.4. The molecule has 148 valence electrons. The molecule has 2 aliphatic carbocycles. The van der Waals surface area contributed by atoms with Crippen LogP contribution in [0.15, 0.2) is 34.7 Å². The highest BCUT2D eigenvalue weighted by Gasteiger charge is 2.23. The Morgan fingerprint density at radius 2 is 1.93 bits per heavy atom. The third-order valence-corrected chi connectivity index (χ3v) is 6.86. The Labute approximate surface area is 161 Å². The molecule has 6 nitrogen and oxygen atoms in total. The summed E-state index contributed by atoms with van der Waals surface area (Å²) in [7, 11) is -3.79. The number of carboxylic acids is 1. The normalized spacial score (nSPS) is 18.3. The number of carboxylic acid groups (broad SMARTS) is 1. The van der Waals surface area contributed by atoms with Crippen LogP contribution in [-0.4, -0.2) is 32.1 Å². The maximum atomic E-state index is 12.9. The van der Waals surface area contributed by atoms with Crippen LogP contribution in [0.2, 0.25) is 0 Å². The number of hydrogen-bond donors (Lipinski definition) is 3. The Morgan fingerprint density at radius 1 is 1.15 bits per heavy atom. The van der Waals surface area contributed by atoms with E-state index in [4.69, 9.17) is 0 Å². The molecule has 0 radical (unpaired) electrons. The van der Waals surface area contributed by atoms with Crippen molar-refractivity contribution in [3.63, 3.8) is 0 Å². The minimum atomic E-state index is -3.79.